The van der Waals surface area contributed by atoms with Crippen LogP contribution in [0, 0.1) is 11.6 Å². The van der Waals surface area contributed by atoms with E-state index in [2.05, 4.69) is 16.9 Å². The van der Waals surface area contributed by atoms with Gasteiger partial charge in [0.25, 0.3) is 0 Å². The number of nitrogens with zero attached hydrogens (tertiary/aromatic N) is 1. The van der Waals surface area contributed by atoms with Crippen LogP contribution in [0.15, 0.2) is 43.1 Å². The molecule has 2 aromatic rings. The molecule has 6 heteroatoms. The SMILES string of the molecule is C=C(NC(=O)OC(C)(C)C)c1ccc(-c2c(F)cccc2F)nc1. The number of alkyl carbamates (subject to hydrolysis) is 1. The Morgan fingerprint density at radius 3 is 2.29 bits per heavy atom. The minimum Gasteiger partial charge on any atom is -0.444 e. The Balaban J connectivity index is 2.15. The number of carbonyl (C=O) groups excluding carboxylic acids is 1. The van der Waals surface area contributed by atoms with Crippen LogP contribution in [-0.4, -0.2) is 16.7 Å². The lowest BCUT2D eigenvalue weighted by Crippen LogP contribution is -2.31. The second-order valence-corrected chi connectivity index (χ2v) is 6.13. The van der Waals surface area contributed by atoms with E-state index in [1.165, 1.54) is 18.3 Å². The summed E-state index contributed by atoms with van der Waals surface area (Å²) in [5, 5.41) is 2.49. The number of rotatable bonds is 3. The molecule has 1 aromatic heterocycles. The number of hydrogen-bond acceptors (Lipinski definition) is 3. The van der Waals surface area contributed by atoms with Gasteiger partial charge in [0.1, 0.15) is 17.2 Å². The van der Waals surface area contributed by atoms with Gasteiger partial charge in [-0.2, -0.15) is 0 Å². The van der Waals surface area contributed by atoms with Gasteiger partial charge in [-0.25, -0.2) is 13.6 Å². The first kappa shape index (κ1) is 17.6. The largest absolute Gasteiger partial charge is 0.444 e. The molecule has 0 aliphatic carbocycles. The van der Waals surface area contributed by atoms with Crippen molar-refractivity contribution < 1.29 is 18.3 Å². The fourth-order valence-electron chi connectivity index (χ4n) is 1.96. The predicted octanol–water partition coefficient (Wildman–Crippen LogP) is 4.52. The predicted molar refractivity (Wildman–Crippen MR) is 88.0 cm³/mol. The summed E-state index contributed by atoms with van der Waals surface area (Å²) in [4.78, 5) is 15.7. The molecule has 0 spiro atoms. The van der Waals surface area contributed by atoms with E-state index in [9.17, 15) is 13.6 Å². The molecular weight excluding hydrogens is 314 g/mol. The first-order valence-electron chi connectivity index (χ1n) is 7.27. The molecule has 0 saturated heterocycles. The summed E-state index contributed by atoms with van der Waals surface area (Å²) < 4.78 is 32.6. The number of benzene rings is 1. The molecule has 1 N–H and O–H groups in total. The number of hydrogen-bond donors (Lipinski definition) is 1. The zero-order valence-electron chi connectivity index (χ0n) is 13.7. The van der Waals surface area contributed by atoms with E-state index >= 15 is 0 Å². The third-order valence-electron chi connectivity index (χ3n) is 2.98. The van der Waals surface area contributed by atoms with Crippen molar-refractivity contribution in [3.8, 4) is 11.3 Å². The average Bonchev–Trinajstić information content (AvgIpc) is 2.45. The minimum atomic E-state index is -0.694. The summed E-state index contributed by atoms with van der Waals surface area (Å²) in [5.74, 6) is -1.39. The number of halogens is 2. The summed E-state index contributed by atoms with van der Waals surface area (Å²) in [6.45, 7) is 8.97. The summed E-state index contributed by atoms with van der Waals surface area (Å²) in [6, 6.07) is 6.63. The molecule has 0 unspecified atom stereocenters. The van der Waals surface area contributed by atoms with Crippen LogP contribution >= 0.6 is 0 Å². The first-order chi connectivity index (χ1) is 11.2. The van der Waals surface area contributed by atoms with E-state index in [0.29, 0.717) is 5.56 Å². The monoisotopic (exact) mass is 332 g/mol. The molecule has 1 aromatic carbocycles. The van der Waals surface area contributed by atoms with Crippen molar-refractivity contribution in [1.29, 1.82) is 0 Å². The second kappa shape index (κ2) is 6.78. The lowest BCUT2D eigenvalue weighted by atomic mass is 10.1. The van der Waals surface area contributed by atoms with Crippen LogP contribution in [0.4, 0.5) is 13.6 Å². The number of ether oxygens (including phenoxy) is 1. The molecule has 126 valence electrons. The number of aromatic nitrogens is 1. The normalized spacial score (nSPS) is 11.0. The van der Waals surface area contributed by atoms with Crippen LogP contribution in [0.5, 0.6) is 0 Å². The van der Waals surface area contributed by atoms with E-state index in [4.69, 9.17) is 4.74 Å². The van der Waals surface area contributed by atoms with Crippen LogP contribution in [0.1, 0.15) is 26.3 Å². The van der Waals surface area contributed by atoms with Crippen molar-refractivity contribution in [1.82, 2.24) is 10.3 Å². The number of carbonyl (C=O) groups is 1. The van der Waals surface area contributed by atoms with Crippen LogP contribution in [-0.2, 0) is 4.74 Å². The van der Waals surface area contributed by atoms with E-state index in [1.807, 2.05) is 0 Å². The molecular formula is C18H18F2N2O2. The Bertz CT molecular complexity index is 745. The quantitative estimate of drug-likeness (QED) is 0.899. The third kappa shape index (κ3) is 4.38. The van der Waals surface area contributed by atoms with Gasteiger partial charge in [0.05, 0.1) is 11.3 Å². The Kier molecular flexibility index (Phi) is 4.97. The third-order valence-corrected chi connectivity index (χ3v) is 2.98. The van der Waals surface area contributed by atoms with Crippen LogP contribution in [0.3, 0.4) is 0 Å². The first-order valence-corrected chi connectivity index (χ1v) is 7.27. The van der Waals surface area contributed by atoms with Crippen molar-refractivity contribution in [3.05, 3.63) is 60.3 Å². The van der Waals surface area contributed by atoms with Gasteiger partial charge in [0.2, 0.25) is 0 Å². The Morgan fingerprint density at radius 1 is 1.17 bits per heavy atom. The number of nitrogens with one attached hydrogen (secondary N) is 1. The minimum absolute atomic E-state index is 0.152. The molecule has 1 amide bonds. The fraction of sp³-hybridized carbons (Fsp3) is 0.222. The maximum absolute atomic E-state index is 13.8. The highest BCUT2D eigenvalue weighted by Crippen LogP contribution is 2.24. The van der Waals surface area contributed by atoms with Gasteiger partial charge in [-0.15, -0.1) is 0 Å². The van der Waals surface area contributed by atoms with Gasteiger partial charge < -0.3 is 4.74 Å². The number of pyridine rings is 1. The van der Waals surface area contributed by atoms with Gasteiger partial charge in [0.15, 0.2) is 0 Å². The van der Waals surface area contributed by atoms with Crippen molar-refractivity contribution >= 4 is 11.8 Å². The van der Waals surface area contributed by atoms with E-state index < -0.39 is 23.3 Å². The van der Waals surface area contributed by atoms with Crippen LogP contribution in [0.2, 0.25) is 0 Å². The maximum atomic E-state index is 13.8. The van der Waals surface area contributed by atoms with Gasteiger partial charge >= 0.3 is 6.09 Å². The van der Waals surface area contributed by atoms with Gasteiger partial charge in [0, 0.05) is 17.5 Å². The highest BCUT2D eigenvalue weighted by Gasteiger charge is 2.17. The van der Waals surface area contributed by atoms with Gasteiger partial charge in [-0.3, -0.25) is 10.3 Å². The summed E-state index contributed by atoms with van der Waals surface area (Å²) in [6.07, 6.45) is 0.734. The summed E-state index contributed by atoms with van der Waals surface area (Å²) in [5.41, 5.74) is 0.0994. The molecule has 4 nitrogen and oxygen atoms in total. The maximum Gasteiger partial charge on any atom is 0.412 e. The van der Waals surface area contributed by atoms with E-state index in [0.717, 1.165) is 12.1 Å². The van der Waals surface area contributed by atoms with Gasteiger partial charge in [-0.05, 0) is 45.0 Å². The van der Waals surface area contributed by atoms with Gasteiger partial charge in [-0.1, -0.05) is 12.6 Å². The van der Waals surface area contributed by atoms with Crippen molar-refractivity contribution in [2.24, 2.45) is 0 Å². The lowest BCUT2D eigenvalue weighted by molar-refractivity contribution is 0.0558. The van der Waals surface area contributed by atoms with E-state index in [-0.39, 0.29) is 17.0 Å². The van der Waals surface area contributed by atoms with Crippen molar-refractivity contribution in [2.75, 3.05) is 0 Å². The molecule has 0 bridgehead atoms. The Labute approximate surface area is 139 Å². The molecule has 0 radical (unpaired) electrons. The van der Waals surface area contributed by atoms with E-state index in [1.54, 1.807) is 26.8 Å². The lowest BCUT2D eigenvalue weighted by Gasteiger charge is -2.20. The van der Waals surface area contributed by atoms with Crippen molar-refractivity contribution in [2.45, 2.75) is 26.4 Å². The zero-order valence-corrected chi connectivity index (χ0v) is 13.7. The number of amides is 1. The topological polar surface area (TPSA) is 51.2 Å². The van der Waals surface area contributed by atoms with Crippen molar-refractivity contribution in [3.63, 3.8) is 0 Å². The molecule has 1 heterocycles. The molecule has 0 aliphatic heterocycles. The van der Waals surface area contributed by atoms with Crippen LogP contribution < -0.4 is 5.32 Å². The zero-order chi connectivity index (χ0) is 17.9. The Morgan fingerprint density at radius 2 is 1.79 bits per heavy atom. The highest BCUT2D eigenvalue weighted by atomic mass is 19.1. The van der Waals surface area contributed by atoms with Crippen LogP contribution in [0.25, 0.3) is 17.0 Å². The molecule has 2 rings (SSSR count). The smallest absolute Gasteiger partial charge is 0.412 e. The molecule has 24 heavy (non-hydrogen) atoms. The summed E-state index contributed by atoms with van der Waals surface area (Å²) in [7, 11) is 0. The average molecular weight is 332 g/mol. The molecule has 0 fully saturated rings. The Hall–Kier alpha value is -2.76. The second-order valence-electron chi connectivity index (χ2n) is 6.13. The highest BCUT2D eigenvalue weighted by molar-refractivity contribution is 5.81. The summed E-state index contributed by atoms with van der Waals surface area (Å²) >= 11 is 0. The molecule has 0 aliphatic rings. The molecule has 0 atom stereocenters. The fourth-order valence-corrected chi connectivity index (χ4v) is 1.96. The molecule has 0 saturated carbocycles. The standard InChI is InChI=1S/C18H18F2N2O2/c1-11(22-17(23)24-18(2,3)4)12-8-9-15(21-10-12)16-13(19)6-5-7-14(16)20/h5-10H,1H2,2-4H3,(H,22,23).